The number of nitrogens with one attached hydrogen (secondary N) is 1. The van der Waals surface area contributed by atoms with Gasteiger partial charge in [-0.1, -0.05) is 6.07 Å². The maximum atomic E-state index is 12.1. The Bertz CT molecular complexity index is 851. The molecule has 1 atom stereocenters. The summed E-state index contributed by atoms with van der Waals surface area (Å²) in [6.07, 6.45) is -1.16. The van der Waals surface area contributed by atoms with Gasteiger partial charge in [0.15, 0.2) is 27.3 Å². The molecule has 1 unspecified atom stereocenters. The highest BCUT2D eigenvalue weighted by Gasteiger charge is 2.20. The Morgan fingerprint density at radius 2 is 2.04 bits per heavy atom. The fourth-order valence-corrected chi connectivity index (χ4v) is 4.60. The molecule has 1 heterocycles. The molecule has 0 fully saturated rings. The molecular formula is C16H21N3O5S2. The fraction of sp³-hybridized carbons (Fsp3) is 0.312. The van der Waals surface area contributed by atoms with Gasteiger partial charge in [0.1, 0.15) is 4.21 Å². The number of sulfone groups is 1. The number of methoxy groups -OCH3 is 2. The molecule has 2 aromatic rings. The summed E-state index contributed by atoms with van der Waals surface area (Å²) in [7, 11) is -0.481. The first-order valence-corrected chi connectivity index (χ1v) is 10.1. The Kier molecular flexibility index (Phi) is 6.83. The van der Waals surface area contributed by atoms with Crippen LogP contribution in [0.15, 0.2) is 44.9 Å². The van der Waals surface area contributed by atoms with Gasteiger partial charge in [-0.2, -0.15) is 0 Å². The van der Waals surface area contributed by atoms with E-state index in [1.165, 1.54) is 20.3 Å². The van der Waals surface area contributed by atoms with Gasteiger partial charge in [-0.15, -0.1) is 11.3 Å². The second kappa shape index (κ2) is 8.88. The smallest absolute Gasteiger partial charge is 0.193 e. The number of guanidine groups is 1. The largest absolute Gasteiger partial charge is 0.493 e. The van der Waals surface area contributed by atoms with Crippen LogP contribution in [0, 0.1) is 0 Å². The quantitative estimate of drug-likeness (QED) is 0.452. The molecule has 0 bridgehead atoms. The average molecular weight is 399 g/mol. The van der Waals surface area contributed by atoms with E-state index in [0.29, 0.717) is 17.2 Å². The molecule has 2 rings (SSSR count). The van der Waals surface area contributed by atoms with E-state index < -0.39 is 21.7 Å². The Morgan fingerprint density at radius 3 is 2.65 bits per heavy atom. The van der Waals surface area contributed by atoms with Crippen molar-refractivity contribution in [2.45, 2.75) is 10.3 Å². The minimum atomic E-state index is -3.53. The Balaban J connectivity index is 1.95. The van der Waals surface area contributed by atoms with Gasteiger partial charge < -0.3 is 25.6 Å². The molecule has 142 valence electrons. The number of nitrogens with zero attached hydrogens (tertiary/aromatic N) is 1. The van der Waals surface area contributed by atoms with Crippen LogP contribution in [0.3, 0.4) is 0 Å². The lowest BCUT2D eigenvalue weighted by atomic mass is 10.3. The number of hydrogen-bond acceptors (Lipinski definition) is 7. The number of benzene rings is 1. The van der Waals surface area contributed by atoms with Crippen LogP contribution in [0.2, 0.25) is 0 Å². The van der Waals surface area contributed by atoms with Crippen molar-refractivity contribution in [2.24, 2.45) is 10.7 Å². The predicted molar refractivity (Wildman–Crippen MR) is 102 cm³/mol. The van der Waals surface area contributed by atoms with Crippen LogP contribution in [-0.4, -0.2) is 52.1 Å². The van der Waals surface area contributed by atoms with Crippen LogP contribution >= 0.6 is 11.3 Å². The molecule has 0 aliphatic heterocycles. The molecule has 10 heteroatoms. The maximum Gasteiger partial charge on any atom is 0.193 e. The average Bonchev–Trinajstić information content (AvgIpc) is 3.15. The standard InChI is InChI=1S/C16H21N3O5S2/c1-23-13-6-5-11(8-14(13)24-2)19-16(17)18-9-12(20)10-26(21,22)15-4-3-7-25-15/h3-8,12,20H,9-10H2,1-2H3,(H3,17,18,19). The molecule has 0 saturated heterocycles. The van der Waals surface area contributed by atoms with Gasteiger partial charge in [0.2, 0.25) is 0 Å². The SMILES string of the molecule is COc1ccc(NC(N)=NCC(O)CS(=O)(=O)c2cccs2)cc1OC. The molecular weight excluding hydrogens is 378 g/mol. The molecule has 1 aromatic carbocycles. The number of ether oxygens (including phenoxy) is 2. The highest BCUT2D eigenvalue weighted by atomic mass is 32.2. The van der Waals surface area contributed by atoms with Crippen LogP contribution < -0.4 is 20.5 Å². The maximum absolute atomic E-state index is 12.1. The molecule has 0 aliphatic rings. The summed E-state index contributed by atoms with van der Waals surface area (Å²) in [5.41, 5.74) is 6.40. The summed E-state index contributed by atoms with van der Waals surface area (Å²) >= 11 is 1.11. The van der Waals surface area contributed by atoms with E-state index in [2.05, 4.69) is 10.3 Å². The molecule has 0 saturated carbocycles. The highest BCUT2D eigenvalue weighted by molar-refractivity contribution is 7.93. The zero-order valence-electron chi connectivity index (χ0n) is 14.4. The Labute approximate surface area is 156 Å². The van der Waals surface area contributed by atoms with Crippen molar-refractivity contribution in [3.05, 3.63) is 35.7 Å². The van der Waals surface area contributed by atoms with Crippen LogP contribution in [0.25, 0.3) is 0 Å². The lowest BCUT2D eigenvalue weighted by Gasteiger charge is -2.12. The molecule has 0 amide bonds. The van der Waals surface area contributed by atoms with Gasteiger partial charge in [-0.05, 0) is 23.6 Å². The number of anilines is 1. The number of aliphatic hydroxyl groups is 1. The minimum Gasteiger partial charge on any atom is -0.493 e. The molecule has 26 heavy (non-hydrogen) atoms. The zero-order chi connectivity index (χ0) is 19.2. The van der Waals surface area contributed by atoms with Crippen molar-refractivity contribution in [1.29, 1.82) is 0 Å². The van der Waals surface area contributed by atoms with Crippen molar-refractivity contribution in [3.63, 3.8) is 0 Å². The van der Waals surface area contributed by atoms with Gasteiger partial charge in [-0.3, -0.25) is 4.99 Å². The zero-order valence-corrected chi connectivity index (χ0v) is 16.0. The van der Waals surface area contributed by atoms with E-state index in [1.807, 2.05) is 0 Å². The first kappa shape index (κ1) is 20.0. The Hall–Kier alpha value is -2.30. The van der Waals surface area contributed by atoms with Crippen molar-refractivity contribution >= 4 is 32.8 Å². The molecule has 0 aliphatic carbocycles. The molecule has 1 aromatic heterocycles. The van der Waals surface area contributed by atoms with E-state index in [0.717, 1.165) is 11.3 Å². The summed E-state index contributed by atoms with van der Waals surface area (Å²) < 4.78 is 34.8. The fourth-order valence-electron chi connectivity index (χ4n) is 2.13. The second-order valence-corrected chi connectivity index (χ2v) is 8.50. The third-order valence-corrected chi connectivity index (χ3v) is 6.63. The molecule has 8 nitrogen and oxygen atoms in total. The summed E-state index contributed by atoms with van der Waals surface area (Å²) in [5, 5.41) is 14.5. The van der Waals surface area contributed by atoms with E-state index in [-0.39, 0.29) is 16.7 Å². The second-order valence-electron chi connectivity index (χ2n) is 5.29. The van der Waals surface area contributed by atoms with Crippen LogP contribution in [-0.2, 0) is 9.84 Å². The molecule has 0 radical (unpaired) electrons. The number of rotatable bonds is 8. The number of aliphatic imine (C=N–C) groups is 1. The van der Waals surface area contributed by atoms with Gasteiger partial charge >= 0.3 is 0 Å². The predicted octanol–water partition coefficient (Wildman–Crippen LogP) is 1.33. The third-order valence-electron chi connectivity index (χ3n) is 3.34. The Morgan fingerprint density at radius 1 is 1.31 bits per heavy atom. The summed E-state index contributed by atoms with van der Waals surface area (Å²) in [5.74, 6) is 0.723. The highest BCUT2D eigenvalue weighted by Crippen LogP contribution is 2.29. The van der Waals surface area contributed by atoms with E-state index in [1.54, 1.807) is 29.6 Å². The number of nitrogens with two attached hydrogens (primary N) is 1. The molecule has 0 spiro atoms. The number of hydrogen-bond donors (Lipinski definition) is 3. The van der Waals surface area contributed by atoms with Gasteiger partial charge in [-0.25, -0.2) is 8.42 Å². The van der Waals surface area contributed by atoms with Crippen LogP contribution in [0.5, 0.6) is 11.5 Å². The number of thiophene rings is 1. The van der Waals surface area contributed by atoms with Crippen molar-refractivity contribution < 1.29 is 23.0 Å². The topological polar surface area (TPSA) is 123 Å². The lowest BCUT2D eigenvalue weighted by molar-refractivity contribution is 0.206. The van der Waals surface area contributed by atoms with Gasteiger partial charge in [0.05, 0.1) is 32.6 Å². The first-order valence-electron chi connectivity index (χ1n) is 7.59. The van der Waals surface area contributed by atoms with Crippen molar-refractivity contribution in [2.75, 3.05) is 31.8 Å². The van der Waals surface area contributed by atoms with E-state index in [4.69, 9.17) is 15.2 Å². The van der Waals surface area contributed by atoms with Crippen LogP contribution in [0.4, 0.5) is 5.69 Å². The summed E-state index contributed by atoms with van der Waals surface area (Å²) in [4.78, 5) is 3.98. The lowest BCUT2D eigenvalue weighted by Crippen LogP contribution is -2.28. The van der Waals surface area contributed by atoms with Crippen molar-refractivity contribution in [3.8, 4) is 11.5 Å². The van der Waals surface area contributed by atoms with Gasteiger partial charge in [0.25, 0.3) is 0 Å². The molecule has 4 N–H and O–H groups in total. The normalized spacial score (nSPS) is 13.3. The monoisotopic (exact) mass is 399 g/mol. The third kappa shape index (κ3) is 5.35. The summed E-state index contributed by atoms with van der Waals surface area (Å²) in [6, 6.07) is 8.26. The first-order chi connectivity index (χ1) is 12.4. The van der Waals surface area contributed by atoms with Gasteiger partial charge in [0, 0.05) is 11.8 Å². The summed E-state index contributed by atoms with van der Waals surface area (Å²) in [6.45, 7) is -0.142. The van der Waals surface area contributed by atoms with Crippen molar-refractivity contribution in [1.82, 2.24) is 0 Å². The van der Waals surface area contributed by atoms with E-state index in [9.17, 15) is 13.5 Å². The van der Waals surface area contributed by atoms with Crippen LogP contribution in [0.1, 0.15) is 0 Å². The minimum absolute atomic E-state index is 0.0461. The van der Waals surface area contributed by atoms with E-state index >= 15 is 0 Å². The number of aliphatic hydroxyl groups excluding tert-OH is 1.